The smallest absolute Gasteiger partial charge is 0.181 e. The van der Waals surface area contributed by atoms with E-state index in [-0.39, 0.29) is 0 Å². The summed E-state index contributed by atoms with van der Waals surface area (Å²) in [4.78, 5) is 4.19. The van der Waals surface area contributed by atoms with Crippen molar-refractivity contribution in [3.8, 4) is 0 Å². The number of rotatable bonds is 2. The van der Waals surface area contributed by atoms with Crippen molar-refractivity contribution in [2.75, 3.05) is 13.6 Å². The molecule has 0 amide bonds. The third-order valence-electron chi connectivity index (χ3n) is 2.23. The Morgan fingerprint density at radius 2 is 2.73 bits per heavy atom. The van der Waals surface area contributed by atoms with Gasteiger partial charge in [-0.15, -0.1) is 0 Å². The summed E-state index contributed by atoms with van der Waals surface area (Å²) >= 11 is 0. The second kappa shape index (κ2) is 2.66. The highest BCUT2D eigenvalue weighted by molar-refractivity contribution is 5.19. The van der Waals surface area contributed by atoms with Gasteiger partial charge in [-0.05, 0) is 13.5 Å². The van der Waals surface area contributed by atoms with Gasteiger partial charge in [0.15, 0.2) is 6.39 Å². The lowest BCUT2D eigenvalue weighted by Gasteiger charge is -2.05. The zero-order valence-electron chi connectivity index (χ0n) is 6.63. The van der Waals surface area contributed by atoms with Gasteiger partial charge in [0.1, 0.15) is 5.76 Å². The monoisotopic (exact) mass is 152 g/mol. The Bertz CT molecular complexity index is 244. The number of fused-ring (bicyclic) bond motifs is 1. The molecule has 11 heavy (non-hydrogen) atoms. The molecule has 3 nitrogen and oxygen atoms in total. The lowest BCUT2D eigenvalue weighted by molar-refractivity contribution is 0.503. The molecule has 1 aliphatic carbocycles. The maximum atomic E-state index is 5.21. The number of hydrogen-bond donors (Lipinski definition) is 1. The minimum absolute atomic E-state index is 0.578. The highest BCUT2D eigenvalue weighted by Gasteiger charge is 2.25. The van der Waals surface area contributed by atoms with Gasteiger partial charge >= 0.3 is 0 Å². The Labute approximate surface area is 65.8 Å². The summed E-state index contributed by atoms with van der Waals surface area (Å²) in [5.41, 5.74) is 1.17. The highest BCUT2D eigenvalue weighted by atomic mass is 16.3. The van der Waals surface area contributed by atoms with Gasteiger partial charge in [0.2, 0.25) is 0 Å². The Hall–Kier alpha value is -0.830. The van der Waals surface area contributed by atoms with Crippen molar-refractivity contribution in [3.63, 3.8) is 0 Å². The first-order valence-electron chi connectivity index (χ1n) is 3.98. The van der Waals surface area contributed by atoms with Gasteiger partial charge in [-0.3, -0.25) is 0 Å². The largest absolute Gasteiger partial charge is 0.448 e. The van der Waals surface area contributed by atoms with Crippen LogP contribution in [-0.2, 0) is 6.42 Å². The van der Waals surface area contributed by atoms with Crippen LogP contribution in [0.4, 0.5) is 0 Å². The fourth-order valence-electron chi connectivity index (χ4n) is 1.69. The Balaban J connectivity index is 2.18. The third-order valence-corrected chi connectivity index (χ3v) is 2.23. The van der Waals surface area contributed by atoms with Crippen LogP contribution in [0.25, 0.3) is 0 Å². The molecule has 0 bridgehead atoms. The number of nitrogens with zero attached hydrogens (tertiary/aromatic N) is 1. The van der Waals surface area contributed by atoms with E-state index in [0.29, 0.717) is 5.92 Å². The van der Waals surface area contributed by atoms with Crippen LogP contribution in [0.15, 0.2) is 10.8 Å². The van der Waals surface area contributed by atoms with E-state index in [9.17, 15) is 0 Å². The Kier molecular flexibility index (Phi) is 1.66. The molecule has 0 aromatic carbocycles. The predicted molar refractivity (Wildman–Crippen MR) is 41.5 cm³/mol. The van der Waals surface area contributed by atoms with Gasteiger partial charge in [-0.25, -0.2) is 4.98 Å². The molecule has 1 unspecified atom stereocenters. The van der Waals surface area contributed by atoms with Crippen molar-refractivity contribution in [2.24, 2.45) is 0 Å². The summed E-state index contributed by atoms with van der Waals surface area (Å²) in [6.45, 7) is 1.01. The maximum absolute atomic E-state index is 5.21. The molecule has 1 heterocycles. The molecule has 0 spiro atoms. The molecule has 0 aliphatic heterocycles. The molecule has 0 radical (unpaired) electrons. The Morgan fingerprint density at radius 3 is 3.55 bits per heavy atom. The van der Waals surface area contributed by atoms with E-state index in [4.69, 9.17) is 4.42 Å². The molecule has 1 aromatic rings. The maximum Gasteiger partial charge on any atom is 0.181 e. The zero-order chi connectivity index (χ0) is 7.68. The molecule has 60 valence electrons. The van der Waals surface area contributed by atoms with E-state index in [0.717, 1.165) is 18.7 Å². The first-order valence-corrected chi connectivity index (χ1v) is 3.98. The normalized spacial score (nSPS) is 22.1. The average molecular weight is 152 g/mol. The SMILES string of the molecule is CNCC1CCc2ocnc21. The summed E-state index contributed by atoms with van der Waals surface area (Å²) < 4.78 is 5.21. The molecule has 1 atom stereocenters. The summed E-state index contributed by atoms with van der Waals surface area (Å²) in [6, 6.07) is 0. The minimum atomic E-state index is 0.578. The summed E-state index contributed by atoms with van der Waals surface area (Å²) in [6.07, 6.45) is 3.79. The van der Waals surface area contributed by atoms with Crippen molar-refractivity contribution in [2.45, 2.75) is 18.8 Å². The fraction of sp³-hybridized carbons (Fsp3) is 0.625. The van der Waals surface area contributed by atoms with Gasteiger partial charge in [-0.2, -0.15) is 0 Å². The zero-order valence-corrected chi connectivity index (χ0v) is 6.63. The van der Waals surface area contributed by atoms with Crippen molar-refractivity contribution >= 4 is 0 Å². The average Bonchev–Trinajstić information content (AvgIpc) is 2.53. The number of aryl methyl sites for hydroxylation is 1. The van der Waals surface area contributed by atoms with Crippen LogP contribution in [0, 0.1) is 0 Å². The first kappa shape index (κ1) is 6.85. The van der Waals surface area contributed by atoms with E-state index in [2.05, 4.69) is 10.3 Å². The second-order valence-electron chi connectivity index (χ2n) is 2.95. The topological polar surface area (TPSA) is 38.1 Å². The van der Waals surface area contributed by atoms with E-state index >= 15 is 0 Å². The summed E-state index contributed by atoms with van der Waals surface area (Å²) in [7, 11) is 1.97. The molecular formula is C8H12N2O. The van der Waals surface area contributed by atoms with Crippen LogP contribution in [0.3, 0.4) is 0 Å². The molecule has 0 saturated carbocycles. The van der Waals surface area contributed by atoms with Crippen LogP contribution in [0.5, 0.6) is 0 Å². The standard InChI is InChI=1S/C8H12N2O/c1-9-4-6-2-3-7-8(6)10-5-11-7/h5-6,9H,2-4H2,1H3. The van der Waals surface area contributed by atoms with E-state index in [1.165, 1.54) is 12.1 Å². The number of aromatic nitrogens is 1. The van der Waals surface area contributed by atoms with Crippen molar-refractivity contribution < 1.29 is 4.42 Å². The van der Waals surface area contributed by atoms with Gasteiger partial charge in [0.05, 0.1) is 5.69 Å². The minimum Gasteiger partial charge on any atom is -0.448 e. The molecule has 1 aromatic heterocycles. The molecule has 0 fully saturated rings. The van der Waals surface area contributed by atoms with Crippen LogP contribution in [-0.4, -0.2) is 18.6 Å². The quantitative estimate of drug-likeness (QED) is 0.685. The van der Waals surface area contributed by atoms with Crippen molar-refractivity contribution in [1.82, 2.24) is 10.3 Å². The summed E-state index contributed by atoms with van der Waals surface area (Å²) in [5.74, 6) is 1.67. The summed E-state index contributed by atoms with van der Waals surface area (Å²) in [5, 5.41) is 3.16. The van der Waals surface area contributed by atoms with Gasteiger partial charge in [0.25, 0.3) is 0 Å². The van der Waals surface area contributed by atoms with E-state index in [1.54, 1.807) is 6.39 Å². The first-order chi connectivity index (χ1) is 5.42. The number of nitrogens with one attached hydrogen (secondary N) is 1. The van der Waals surface area contributed by atoms with Crippen LogP contribution in [0.2, 0.25) is 0 Å². The van der Waals surface area contributed by atoms with Gasteiger partial charge < -0.3 is 9.73 Å². The van der Waals surface area contributed by atoms with Crippen LogP contribution < -0.4 is 5.32 Å². The van der Waals surface area contributed by atoms with Gasteiger partial charge in [-0.1, -0.05) is 0 Å². The molecule has 1 aliphatic rings. The third kappa shape index (κ3) is 1.05. The Morgan fingerprint density at radius 1 is 1.82 bits per heavy atom. The molecule has 1 N–H and O–H groups in total. The van der Waals surface area contributed by atoms with E-state index < -0.39 is 0 Å². The van der Waals surface area contributed by atoms with Crippen LogP contribution >= 0.6 is 0 Å². The molecule has 3 heteroatoms. The number of hydrogen-bond acceptors (Lipinski definition) is 3. The number of oxazole rings is 1. The van der Waals surface area contributed by atoms with Crippen molar-refractivity contribution in [3.05, 3.63) is 17.8 Å². The highest BCUT2D eigenvalue weighted by Crippen LogP contribution is 2.30. The lowest BCUT2D eigenvalue weighted by Crippen LogP contribution is -2.15. The number of likely N-dealkylation sites (N-methyl/N-ethyl adjacent to an activating group) is 1. The lowest BCUT2D eigenvalue weighted by atomic mass is 10.1. The predicted octanol–water partition coefficient (Wildman–Crippen LogP) is 0.924. The molecule has 2 rings (SSSR count). The van der Waals surface area contributed by atoms with E-state index in [1.807, 2.05) is 7.05 Å². The van der Waals surface area contributed by atoms with Gasteiger partial charge in [0, 0.05) is 18.9 Å². The second-order valence-corrected chi connectivity index (χ2v) is 2.95. The van der Waals surface area contributed by atoms with Crippen LogP contribution in [0.1, 0.15) is 23.8 Å². The molecule has 0 saturated heterocycles. The fourth-order valence-corrected chi connectivity index (χ4v) is 1.69. The molecular weight excluding hydrogens is 140 g/mol. The van der Waals surface area contributed by atoms with Crippen molar-refractivity contribution in [1.29, 1.82) is 0 Å².